The van der Waals surface area contributed by atoms with E-state index >= 15 is 0 Å². The van der Waals surface area contributed by atoms with E-state index in [2.05, 4.69) is 10.4 Å². The topological polar surface area (TPSA) is 72.9 Å². The maximum Gasteiger partial charge on any atom is 0.238 e. The van der Waals surface area contributed by atoms with Crippen LogP contribution in [0.2, 0.25) is 0 Å². The second-order valence-electron chi connectivity index (χ2n) is 4.10. The average molecular weight is 196 g/mol. The minimum atomic E-state index is -0.210. The molecule has 0 atom stereocenters. The Morgan fingerprint density at radius 3 is 2.71 bits per heavy atom. The smallest absolute Gasteiger partial charge is 0.238 e. The maximum atomic E-state index is 11.0. The molecule has 0 radical (unpaired) electrons. The summed E-state index contributed by atoms with van der Waals surface area (Å²) in [5, 5.41) is 6.77. The number of carbonyl (C=O) groups is 1. The van der Waals surface area contributed by atoms with Crippen molar-refractivity contribution in [1.29, 1.82) is 0 Å². The molecule has 0 aliphatic heterocycles. The number of amides is 1. The molecule has 3 N–H and O–H groups in total. The normalized spacial score (nSPS) is 11.4. The number of nitrogens with zero attached hydrogens (tertiary/aromatic N) is 2. The number of carbonyl (C=O) groups excluding carboxylic acids is 1. The van der Waals surface area contributed by atoms with Gasteiger partial charge in [-0.2, -0.15) is 5.10 Å². The third kappa shape index (κ3) is 2.56. The third-order valence-corrected chi connectivity index (χ3v) is 1.74. The summed E-state index contributed by atoms with van der Waals surface area (Å²) >= 11 is 0. The van der Waals surface area contributed by atoms with Crippen LogP contribution in [-0.4, -0.2) is 22.2 Å². The Kier molecular flexibility index (Phi) is 2.90. The first-order valence-corrected chi connectivity index (χ1v) is 4.48. The zero-order chi connectivity index (χ0) is 10.8. The molecular weight excluding hydrogens is 180 g/mol. The Bertz CT molecular complexity index is 324. The second kappa shape index (κ2) is 3.79. The van der Waals surface area contributed by atoms with Crippen LogP contribution >= 0.6 is 0 Å². The van der Waals surface area contributed by atoms with E-state index in [-0.39, 0.29) is 18.0 Å². The maximum absolute atomic E-state index is 11.0. The van der Waals surface area contributed by atoms with Crippen LogP contribution in [0, 0.1) is 0 Å². The lowest BCUT2D eigenvalue weighted by molar-refractivity contribution is -0.114. The Labute approximate surface area is 83.3 Å². The van der Waals surface area contributed by atoms with Crippen LogP contribution in [0.15, 0.2) is 12.4 Å². The highest BCUT2D eigenvalue weighted by molar-refractivity contribution is 5.91. The van der Waals surface area contributed by atoms with Crippen molar-refractivity contribution in [1.82, 2.24) is 9.78 Å². The van der Waals surface area contributed by atoms with Crippen molar-refractivity contribution in [3.8, 4) is 0 Å². The number of aromatic nitrogens is 2. The molecule has 1 heterocycles. The Morgan fingerprint density at radius 2 is 2.29 bits per heavy atom. The lowest BCUT2D eigenvalue weighted by Gasteiger charge is -2.18. The standard InChI is InChI=1S/C9H16N4O/c1-9(2,3)13-6-7(5-11-13)12-8(14)4-10/h5-6H,4,10H2,1-3H3,(H,12,14). The lowest BCUT2D eigenvalue weighted by atomic mass is 10.1. The fourth-order valence-corrected chi connectivity index (χ4v) is 0.966. The van der Waals surface area contributed by atoms with E-state index in [0.29, 0.717) is 5.69 Å². The van der Waals surface area contributed by atoms with Gasteiger partial charge in [0.05, 0.1) is 24.0 Å². The summed E-state index contributed by atoms with van der Waals surface area (Å²) in [7, 11) is 0. The molecule has 14 heavy (non-hydrogen) atoms. The van der Waals surface area contributed by atoms with E-state index in [1.165, 1.54) is 0 Å². The molecule has 1 aromatic rings. The first-order chi connectivity index (χ1) is 6.43. The van der Waals surface area contributed by atoms with Crippen LogP contribution in [0.25, 0.3) is 0 Å². The molecule has 0 aliphatic carbocycles. The highest BCUT2D eigenvalue weighted by Gasteiger charge is 2.14. The predicted octanol–water partition coefficient (Wildman–Crippen LogP) is 0.535. The summed E-state index contributed by atoms with van der Waals surface area (Å²) in [6.07, 6.45) is 3.40. The van der Waals surface area contributed by atoms with Crippen LogP contribution in [0.5, 0.6) is 0 Å². The van der Waals surface area contributed by atoms with E-state index in [1.807, 2.05) is 20.8 Å². The number of hydrogen-bond acceptors (Lipinski definition) is 3. The van der Waals surface area contributed by atoms with Crippen molar-refractivity contribution in [2.24, 2.45) is 5.73 Å². The average Bonchev–Trinajstić information content (AvgIpc) is 2.51. The van der Waals surface area contributed by atoms with Gasteiger partial charge in [-0.05, 0) is 20.8 Å². The minimum Gasteiger partial charge on any atom is -0.322 e. The number of hydrogen-bond donors (Lipinski definition) is 2. The summed E-state index contributed by atoms with van der Waals surface area (Å²) in [6, 6.07) is 0. The fourth-order valence-electron chi connectivity index (χ4n) is 0.966. The van der Waals surface area contributed by atoms with Crippen molar-refractivity contribution in [3.05, 3.63) is 12.4 Å². The monoisotopic (exact) mass is 196 g/mol. The van der Waals surface area contributed by atoms with Crippen molar-refractivity contribution in [2.75, 3.05) is 11.9 Å². The van der Waals surface area contributed by atoms with Gasteiger partial charge in [-0.15, -0.1) is 0 Å². The van der Waals surface area contributed by atoms with Crippen molar-refractivity contribution < 1.29 is 4.79 Å². The van der Waals surface area contributed by atoms with Gasteiger partial charge in [-0.25, -0.2) is 0 Å². The van der Waals surface area contributed by atoms with Gasteiger partial charge in [-0.3, -0.25) is 9.48 Å². The number of anilines is 1. The number of nitrogens with two attached hydrogens (primary N) is 1. The van der Waals surface area contributed by atoms with Gasteiger partial charge >= 0.3 is 0 Å². The van der Waals surface area contributed by atoms with E-state index in [0.717, 1.165) is 0 Å². The molecule has 1 amide bonds. The number of rotatable bonds is 2. The largest absolute Gasteiger partial charge is 0.322 e. The van der Waals surface area contributed by atoms with Crippen LogP contribution in [0.4, 0.5) is 5.69 Å². The van der Waals surface area contributed by atoms with E-state index in [1.54, 1.807) is 17.1 Å². The first kappa shape index (κ1) is 10.7. The molecule has 0 bridgehead atoms. The van der Waals surface area contributed by atoms with Crippen molar-refractivity contribution >= 4 is 11.6 Å². The molecule has 0 aliphatic rings. The summed E-state index contributed by atoms with van der Waals surface area (Å²) in [4.78, 5) is 11.0. The molecule has 0 aromatic carbocycles. The van der Waals surface area contributed by atoms with E-state index in [4.69, 9.17) is 5.73 Å². The van der Waals surface area contributed by atoms with E-state index < -0.39 is 0 Å². The zero-order valence-corrected chi connectivity index (χ0v) is 8.74. The lowest BCUT2D eigenvalue weighted by Crippen LogP contribution is -2.23. The quantitative estimate of drug-likeness (QED) is 0.725. The molecule has 1 rings (SSSR count). The minimum absolute atomic E-state index is 0.0132. The molecule has 78 valence electrons. The van der Waals surface area contributed by atoms with Crippen LogP contribution in [0.3, 0.4) is 0 Å². The van der Waals surface area contributed by atoms with E-state index in [9.17, 15) is 4.79 Å². The van der Waals surface area contributed by atoms with Gasteiger partial charge in [0, 0.05) is 6.20 Å². The molecular formula is C9H16N4O. The first-order valence-electron chi connectivity index (χ1n) is 4.48. The molecule has 0 saturated heterocycles. The molecule has 5 nitrogen and oxygen atoms in total. The van der Waals surface area contributed by atoms with Crippen LogP contribution in [-0.2, 0) is 10.3 Å². The Hall–Kier alpha value is -1.36. The Balaban J connectivity index is 2.74. The summed E-state index contributed by atoms with van der Waals surface area (Å²) in [5.74, 6) is -0.210. The Morgan fingerprint density at radius 1 is 1.64 bits per heavy atom. The SMILES string of the molecule is CC(C)(C)n1cc(NC(=O)CN)cn1. The molecule has 1 aromatic heterocycles. The molecule has 0 fully saturated rings. The summed E-state index contributed by atoms with van der Waals surface area (Å²) in [5.41, 5.74) is 5.77. The van der Waals surface area contributed by atoms with Gasteiger partial charge < -0.3 is 11.1 Å². The predicted molar refractivity (Wildman–Crippen MR) is 54.9 cm³/mol. The second-order valence-corrected chi connectivity index (χ2v) is 4.10. The van der Waals surface area contributed by atoms with Gasteiger partial charge in [0.15, 0.2) is 0 Å². The van der Waals surface area contributed by atoms with Gasteiger partial charge in [-0.1, -0.05) is 0 Å². The van der Waals surface area contributed by atoms with Gasteiger partial charge in [0.25, 0.3) is 0 Å². The molecule has 0 unspecified atom stereocenters. The fraction of sp³-hybridized carbons (Fsp3) is 0.556. The van der Waals surface area contributed by atoms with Crippen LogP contribution < -0.4 is 11.1 Å². The molecule has 5 heteroatoms. The highest BCUT2D eigenvalue weighted by Crippen LogP contribution is 2.15. The van der Waals surface area contributed by atoms with Gasteiger partial charge in [0.2, 0.25) is 5.91 Å². The molecule has 0 spiro atoms. The van der Waals surface area contributed by atoms with Crippen molar-refractivity contribution in [2.45, 2.75) is 26.3 Å². The summed E-state index contributed by atoms with van der Waals surface area (Å²) < 4.78 is 1.79. The van der Waals surface area contributed by atoms with Gasteiger partial charge in [0.1, 0.15) is 0 Å². The van der Waals surface area contributed by atoms with Crippen molar-refractivity contribution in [3.63, 3.8) is 0 Å². The zero-order valence-electron chi connectivity index (χ0n) is 8.74. The third-order valence-electron chi connectivity index (χ3n) is 1.74. The number of nitrogens with one attached hydrogen (secondary N) is 1. The molecule has 0 saturated carbocycles. The summed E-state index contributed by atoms with van der Waals surface area (Å²) in [6.45, 7) is 6.10. The van der Waals surface area contributed by atoms with Crippen LogP contribution in [0.1, 0.15) is 20.8 Å². The highest BCUT2D eigenvalue weighted by atomic mass is 16.1.